The van der Waals surface area contributed by atoms with E-state index in [1.165, 1.54) is 12.3 Å². The zero-order valence-corrected chi connectivity index (χ0v) is 7.83. The fraction of sp³-hybridized carbons (Fsp3) is 0.167. The topological polar surface area (TPSA) is 68.1 Å². The lowest BCUT2D eigenvalue weighted by Crippen LogP contribution is -1.95. The number of rotatable bonds is 2. The molecule has 1 aromatic heterocycles. The molecule has 0 saturated heterocycles. The molecule has 0 aliphatic heterocycles. The molecule has 6 heteroatoms. The maximum Gasteiger partial charge on any atom is 0.288 e. The quantitative estimate of drug-likeness (QED) is 0.623. The van der Waals surface area contributed by atoms with Crippen LogP contribution in [-0.4, -0.2) is 17.0 Å². The van der Waals surface area contributed by atoms with E-state index in [4.69, 9.17) is 0 Å². The molecule has 0 amide bonds. The van der Waals surface area contributed by atoms with Crippen molar-refractivity contribution in [1.29, 1.82) is 0 Å². The van der Waals surface area contributed by atoms with Gasteiger partial charge in [0.15, 0.2) is 0 Å². The number of hydrogen-bond donors (Lipinski definition) is 1. The molecule has 0 fully saturated rings. The molecular formula is C6H6BrN3O2. The monoisotopic (exact) mass is 231 g/mol. The van der Waals surface area contributed by atoms with E-state index < -0.39 is 4.92 Å². The molecule has 12 heavy (non-hydrogen) atoms. The van der Waals surface area contributed by atoms with Crippen LogP contribution in [0.15, 0.2) is 16.7 Å². The van der Waals surface area contributed by atoms with Gasteiger partial charge in [0, 0.05) is 13.1 Å². The number of nitrogens with zero attached hydrogens (tertiary/aromatic N) is 2. The first-order valence-corrected chi connectivity index (χ1v) is 3.92. The van der Waals surface area contributed by atoms with Gasteiger partial charge in [0.05, 0.1) is 9.40 Å². The molecule has 0 unspecified atom stereocenters. The van der Waals surface area contributed by atoms with Crippen molar-refractivity contribution in [3.63, 3.8) is 0 Å². The Morgan fingerprint density at radius 3 is 2.83 bits per heavy atom. The average Bonchev–Trinajstić information content (AvgIpc) is 2.04. The van der Waals surface area contributed by atoms with E-state index in [0.29, 0.717) is 10.3 Å². The normalized spacial score (nSPS) is 9.50. The van der Waals surface area contributed by atoms with Gasteiger partial charge in [-0.1, -0.05) is 0 Å². The van der Waals surface area contributed by atoms with Gasteiger partial charge in [-0.2, -0.15) is 0 Å². The van der Waals surface area contributed by atoms with Crippen LogP contribution in [-0.2, 0) is 0 Å². The zero-order valence-electron chi connectivity index (χ0n) is 6.24. The molecule has 0 aliphatic rings. The van der Waals surface area contributed by atoms with Gasteiger partial charge >= 0.3 is 0 Å². The Labute approximate surface area is 77.1 Å². The minimum absolute atomic E-state index is 0.0270. The van der Waals surface area contributed by atoms with Crippen LogP contribution < -0.4 is 5.32 Å². The number of hydrogen-bond acceptors (Lipinski definition) is 4. The molecule has 0 spiro atoms. The molecular weight excluding hydrogens is 226 g/mol. The van der Waals surface area contributed by atoms with Gasteiger partial charge < -0.3 is 5.32 Å². The molecule has 0 aromatic carbocycles. The summed E-state index contributed by atoms with van der Waals surface area (Å²) in [6.07, 6.45) is 1.20. The number of halogens is 1. The summed E-state index contributed by atoms with van der Waals surface area (Å²) in [7, 11) is 1.69. The van der Waals surface area contributed by atoms with E-state index in [0.717, 1.165) is 0 Å². The van der Waals surface area contributed by atoms with Gasteiger partial charge in [-0.15, -0.1) is 0 Å². The van der Waals surface area contributed by atoms with Crippen LogP contribution in [0.5, 0.6) is 0 Å². The summed E-state index contributed by atoms with van der Waals surface area (Å²) >= 11 is 3.15. The lowest BCUT2D eigenvalue weighted by molar-refractivity contribution is -0.385. The summed E-state index contributed by atoms with van der Waals surface area (Å²) in [5, 5.41) is 13.1. The number of anilines is 1. The van der Waals surface area contributed by atoms with E-state index in [1.54, 1.807) is 7.05 Å². The van der Waals surface area contributed by atoms with Gasteiger partial charge in [-0.25, -0.2) is 4.98 Å². The maximum absolute atomic E-state index is 10.3. The Hall–Kier alpha value is -1.17. The van der Waals surface area contributed by atoms with Crippen molar-refractivity contribution >= 4 is 27.4 Å². The molecule has 1 heterocycles. The molecule has 1 N–H and O–H groups in total. The van der Waals surface area contributed by atoms with Crippen molar-refractivity contribution in [3.8, 4) is 0 Å². The lowest BCUT2D eigenvalue weighted by atomic mass is 10.4. The number of pyridine rings is 1. The van der Waals surface area contributed by atoms with Crippen LogP contribution in [0, 0.1) is 10.1 Å². The highest BCUT2D eigenvalue weighted by molar-refractivity contribution is 9.10. The third kappa shape index (κ3) is 1.70. The van der Waals surface area contributed by atoms with E-state index in [2.05, 4.69) is 26.2 Å². The largest absolute Gasteiger partial charge is 0.372 e. The first kappa shape index (κ1) is 8.92. The third-order valence-electron chi connectivity index (χ3n) is 1.27. The molecule has 5 nitrogen and oxygen atoms in total. The van der Waals surface area contributed by atoms with Crippen LogP contribution in [0.25, 0.3) is 0 Å². The second kappa shape index (κ2) is 3.48. The summed E-state index contributed by atoms with van der Waals surface area (Å²) in [4.78, 5) is 13.6. The van der Waals surface area contributed by atoms with Gasteiger partial charge in [0.2, 0.25) is 0 Å². The summed E-state index contributed by atoms with van der Waals surface area (Å²) in [6.45, 7) is 0. The van der Waals surface area contributed by atoms with E-state index >= 15 is 0 Å². The van der Waals surface area contributed by atoms with Crippen molar-refractivity contribution in [3.05, 3.63) is 26.9 Å². The molecule has 0 radical (unpaired) electrons. The lowest BCUT2D eigenvalue weighted by Gasteiger charge is -2.00. The van der Waals surface area contributed by atoms with E-state index in [-0.39, 0.29) is 5.69 Å². The van der Waals surface area contributed by atoms with Crippen molar-refractivity contribution in [2.75, 3.05) is 12.4 Å². The Bertz CT molecular complexity index is 316. The van der Waals surface area contributed by atoms with Crippen molar-refractivity contribution in [1.82, 2.24) is 4.98 Å². The number of nitro groups is 1. The second-order valence-corrected chi connectivity index (χ2v) is 2.89. The molecule has 0 aliphatic carbocycles. The minimum Gasteiger partial charge on any atom is -0.372 e. The Kier molecular flexibility index (Phi) is 2.59. The smallest absolute Gasteiger partial charge is 0.288 e. The summed E-state index contributed by atoms with van der Waals surface area (Å²) in [6, 6.07) is 1.40. The van der Waals surface area contributed by atoms with Crippen LogP contribution in [0.3, 0.4) is 0 Å². The Morgan fingerprint density at radius 1 is 1.75 bits per heavy atom. The Morgan fingerprint density at radius 2 is 2.42 bits per heavy atom. The average molecular weight is 232 g/mol. The highest BCUT2D eigenvalue weighted by atomic mass is 79.9. The van der Waals surface area contributed by atoms with Crippen molar-refractivity contribution in [2.45, 2.75) is 0 Å². The van der Waals surface area contributed by atoms with Gasteiger partial charge in [0.1, 0.15) is 12.0 Å². The molecule has 0 atom stereocenters. The first-order valence-electron chi connectivity index (χ1n) is 3.13. The van der Waals surface area contributed by atoms with Gasteiger partial charge in [-0.3, -0.25) is 10.1 Å². The SMILES string of the molecule is CNc1ncc([N+](=O)[O-])cc1Br. The highest BCUT2D eigenvalue weighted by Gasteiger charge is 2.08. The predicted molar refractivity (Wildman–Crippen MR) is 48.1 cm³/mol. The molecule has 64 valence electrons. The standard InChI is InChI=1S/C6H6BrN3O2/c1-8-6-5(7)2-4(3-9-6)10(11)12/h2-3H,1H3,(H,8,9). The molecule has 0 saturated carbocycles. The fourth-order valence-electron chi connectivity index (χ4n) is 0.712. The van der Waals surface area contributed by atoms with Crippen LogP contribution in [0.1, 0.15) is 0 Å². The minimum atomic E-state index is -0.489. The fourth-order valence-corrected chi connectivity index (χ4v) is 1.25. The number of nitrogens with one attached hydrogen (secondary N) is 1. The summed E-state index contributed by atoms with van der Waals surface area (Å²) < 4.78 is 0.583. The van der Waals surface area contributed by atoms with Gasteiger partial charge in [-0.05, 0) is 15.9 Å². The van der Waals surface area contributed by atoms with E-state index in [1.807, 2.05) is 0 Å². The maximum atomic E-state index is 10.3. The van der Waals surface area contributed by atoms with E-state index in [9.17, 15) is 10.1 Å². The molecule has 1 rings (SSSR count). The molecule has 1 aromatic rings. The van der Waals surface area contributed by atoms with Crippen molar-refractivity contribution < 1.29 is 4.92 Å². The van der Waals surface area contributed by atoms with Crippen LogP contribution >= 0.6 is 15.9 Å². The zero-order chi connectivity index (χ0) is 9.14. The third-order valence-corrected chi connectivity index (χ3v) is 1.88. The number of aromatic nitrogens is 1. The first-order chi connectivity index (χ1) is 5.65. The predicted octanol–water partition coefficient (Wildman–Crippen LogP) is 1.79. The second-order valence-electron chi connectivity index (χ2n) is 2.03. The highest BCUT2D eigenvalue weighted by Crippen LogP contribution is 2.23. The summed E-state index contributed by atoms with van der Waals surface area (Å²) in [5.74, 6) is 0.584. The van der Waals surface area contributed by atoms with Crippen LogP contribution in [0.2, 0.25) is 0 Å². The van der Waals surface area contributed by atoms with Gasteiger partial charge in [0.25, 0.3) is 5.69 Å². The van der Waals surface area contributed by atoms with Crippen molar-refractivity contribution in [2.24, 2.45) is 0 Å². The summed E-state index contributed by atoms with van der Waals surface area (Å²) in [5.41, 5.74) is -0.0270. The molecule has 0 bridgehead atoms. The van der Waals surface area contributed by atoms with Crippen LogP contribution in [0.4, 0.5) is 11.5 Å². The Balaban J connectivity index is 3.10.